The first-order chi connectivity index (χ1) is 7.77. The molecule has 86 valence electrons. The van der Waals surface area contributed by atoms with E-state index in [4.69, 9.17) is 4.74 Å². The van der Waals surface area contributed by atoms with Gasteiger partial charge in [0.25, 0.3) is 0 Å². The maximum Gasteiger partial charge on any atom is 0.160 e. The molecule has 1 aromatic carbocycles. The largest absolute Gasteiger partial charge is 0.381 e. The zero-order valence-electron chi connectivity index (χ0n) is 9.44. The molecule has 0 spiro atoms. The minimum Gasteiger partial charge on any atom is -0.381 e. The van der Waals surface area contributed by atoms with Gasteiger partial charge in [0.2, 0.25) is 0 Å². The third-order valence-electron chi connectivity index (χ3n) is 2.73. The second-order valence-electron chi connectivity index (χ2n) is 3.98. The van der Waals surface area contributed by atoms with Crippen LogP contribution in [0, 0.1) is 0 Å². The summed E-state index contributed by atoms with van der Waals surface area (Å²) >= 11 is 1.82. The van der Waals surface area contributed by atoms with Crippen molar-refractivity contribution in [2.45, 2.75) is 29.9 Å². The van der Waals surface area contributed by atoms with E-state index in [9.17, 15) is 4.79 Å². The number of rotatable bonds is 3. The van der Waals surface area contributed by atoms with Gasteiger partial charge >= 0.3 is 0 Å². The van der Waals surface area contributed by atoms with Crippen molar-refractivity contribution < 1.29 is 9.53 Å². The molecule has 2 rings (SSSR count). The number of hydrogen-bond acceptors (Lipinski definition) is 3. The predicted molar refractivity (Wildman–Crippen MR) is 66.1 cm³/mol. The highest BCUT2D eigenvalue weighted by Crippen LogP contribution is 2.32. The lowest BCUT2D eigenvalue weighted by molar-refractivity contribution is 0.0999. The SMILES string of the molecule is CC(=O)c1ccccc1SC1CCOCC1. The van der Waals surface area contributed by atoms with Crippen LogP contribution in [0.15, 0.2) is 29.2 Å². The average Bonchev–Trinajstić information content (AvgIpc) is 2.31. The fourth-order valence-corrected chi connectivity index (χ4v) is 3.12. The monoisotopic (exact) mass is 236 g/mol. The maximum absolute atomic E-state index is 11.5. The molecule has 2 nitrogen and oxygen atoms in total. The number of hydrogen-bond donors (Lipinski definition) is 0. The van der Waals surface area contributed by atoms with E-state index in [0.29, 0.717) is 5.25 Å². The molecule has 0 aliphatic carbocycles. The first kappa shape index (κ1) is 11.7. The van der Waals surface area contributed by atoms with Gasteiger partial charge in [0, 0.05) is 28.9 Å². The summed E-state index contributed by atoms with van der Waals surface area (Å²) in [6.45, 7) is 3.32. The van der Waals surface area contributed by atoms with Crippen LogP contribution in [-0.2, 0) is 4.74 Å². The lowest BCUT2D eigenvalue weighted by atomic mass is 10.1. The lowest BCUT2D eigenvalue weighted by Crippen LogP contribution is -2.17. The second-order valence-corrected chi connectivity index (χ2v) is 5.32. The Kier molecular flexibility index (Phi) is 4.02. The third kappa shape index (κ3) is 2.86. The molecule has 0 radical (unpaired) electrons. The molecule has 0 unspecified atom stereocenters. The molecule has 16 heavy (non-hydrogen) atoms. The molecule has 0 saturated carbocycles. The molecule has 0 N–H and O–H groups in total. The number of benzene rings is 1. The quantitative estimate of drug-likeness (QED) is 0.754. The van der Waals surface area contributed by atoms with Gasteiger partial charge < -0.3 is 4.74 Å². The molecule has 1 saturated heterocycles. The van der Waals surface area contributed by atoms with Gasteiger partial charge in [0.1, 0.15) is 0 Å². The van der Waals surface area contributed by atoms with Crippen LogP contribution in [0.3, 0.4) is 0 Å². The highest BCUT2D eigenvalue weighted by molar-refractivity contribution is 8.00. The molecule has 3 heteroatoms. The predicted octanol–water partition coefficient (Wildman–Crippen LogP) is 3.16. The summed E-state index contributed by atoms with van der Waals surface area (Å²) in [5, 5.41) is 0.592. The van der Waals surface area contributed by atoms with Gasteiger partial charge in [0.05, 0.1) is 0 Å². The second kappa shape index (κ2) is 5.51. The molecule has 1 heterocycles. The van der Waals surface area contributed by atoms with Gasteiger partial charge in [-0.2, -0.15) is 0 Å². The number of carbonyl (C=O) groups excluding carboxylic acids is 1. The van der Waals surface area contributed by atoms with Crippen LogP contribution >= 0.6 is 11.8 Å². The van der Waals surface area contributed by atoms with Gasteiger partial charge in [-0.15, -0.1) is 11.8 Å². The summed E-state index contributed by atoms with van der Waals surface area (Å²) in [6.07, 6.45) is 2.16. The molecular formula is C13H16O2S. The van der Waals surface area contributed by atoms with Crippen molar-refractivity contribution in [3.63, 3.8) is 0 Å². The van der Waals surface area contributed by atoms with E-state index < -0.39 is 0 Å². The van der Waals surface area contributed by atoms with Gasteiger partial charge in [-0.05, 0) is 25.8 Å². The van der Waals surface area contributed by atoms with Crippen molar-refractivity contribution in [2.24, 2.45) is 0 Å². The fourth-order valence-electron chi connectivity index (χ4n) is 1.83. The van der Waals surface area contributed by atoms with Crippen LogP contribution in [0.5, 0.6) is 0 Å². The number of ketones is 1. The van der Waals surface area contributed by atoms with Crippen molar-refractivity contribution in [1.29, 1.82) is 0 Å². The molecule has 0 atom stereocenters. The van der Waals surface area contributed by atoms with Crippen LogP contribution in [0.1, 0.15) is 30.1 Å². The van der Waals surface area contributed by atoms with Crippen molar-refractivity contribution in [3.05, 3.63) is 29.8 Å². The number of Topliss-reactive ketones (excluding diaryl/α,β-unsaturated/α-hetero) is 1. The smallest absolute Gasteiger partial charge is 0.160 e. The molecular weight excluding hydrogens is 220 g/mol. The molecule has 0 aromatic heterocycles. The van der Waals surface area contributed by atoms with E-state index in [1.165, 1.54) is 0 Å². The molecule has 1 aliphatic rings. The highest BCUT2D eigenvalue weighted by Gasteiger charge is 2.17. The summed E-state index contributed by atoms with van der Waals surface area (Å²) in [5.41, 5.74) is 0.846. The Morgan fingerprint density at radius 1 is 1.31 bits per heavy atom. The number of ether oxygens (including phenoxy) is 1. The summed E-state index contributed by atoms with van der Waals surface area (Å²) in [5.74, 6) is 0.148. The number of thioether (sulfide) groups is 1. The fraction of sp³-hybridized carbons (Fsp3) is 0.462. The van der Waals surface area contributed by atoms with Crippen molar-refractivity contribution >= 4 is 17.5 Å². The zero-order chi connectivity index (χ0) is 11.4. The van der Waals surface area contributed by atoms with Gasteiger partial charge in [-0.25, -0.2) is 0 Å². The van der Waals surface area contributed by atoms with Gasteiger partial charge in [0.15, 0.2) is 5.78 Å². The van der Waals surface area contributed by atoms with E-state index >= 15 is 0 Å². The minimum atomic E-state index is 0.148. The molecule has 1 aromatic rings. The summed E-state index contributed by atoms with van der Waals surface area (Å²) in [4.78, 5) is 12.6. The molecule has 1 aliphatic heterocycles. The van der Waals surface area contributed by atoms with Crippen molar-refractivity contribution in [3.8, 4) is 0 Å². The van der Waals surface area contributed by atoms with Crippen LogP contribution in [-0.4, -0.2) is 24.2 Å². The maximum atomic E-state index is 11.5. The van der Waals surface area contributed by atoms with Crippen LogP contribution in [0.4, 0.5) is 0 Å². The third-order valence-corrected chi connectivity index (χ3v) is 4.14. The summed E-state index contributed by atoms with van der Waals surface area (Å²) in [6, 6.07) is 7.86. The first-order valence-electron chi connectivity index (χ1n) is 5.62. The molecule has 1 fully saturated rings. The van der Waals surface area contributed by atoms with Crippen molar-refractivity contribution in [2.75, 3.05) is 13.2 Å². The Morgan fingerprint density at radius 3 is 2.69 bits per heavy atom. The lowest BCUT2D eigenvalue weighted by Gasteiger charge is -2.22. The molecule has 0 amide bonds. The summed E-state index contributed by atoms with van der Waals surface area (Å²) in [7, 11) is 0. The van der Waals surface area contributed by atoms with E-state index in [2.05, 4.69) is 0 Å². The zero-order valence-corrected chi connectivity index (χ0v) is 10.3. The topological polar surface area (TPSA) is 26.3 Å². The van der Waals surface area contributed by atoms with Crippen molar-refractivity contribution in [1.82, 2.24) is 0 Å². The number of carbonyl (C=O) groups is 1. The van der Waals surface area contributed by atoms with E-state index in [-0.39, 0.29) is 5.78 Å². The van der Waals surface area contributed by atoms with E-state index in [1.807, 2.05) is 36.0 Å². The Balaban J connectivity index is 2.10. The standard InChI is InChI=1S/C13H16O2S/c1-10(14)12-4-2-3-5-13(12)16-11-6-8-15-9-7-11/h2-5,11H,6-9H2,1H3. The van der Waals surface area contributed by atoms with E-state index in [1.54, 1.807) is 6.92 Å². The van der Waals surface area contributed by atoms with Crippen LogP contribution in [0.2, 0.25) is 0 Å². The molecule has 0 bridgehead atoms. The minimum absolute atomic E-state index is 0.148. The Labute approximate surface area is 100 Å². The Bertz CT molecular complexity index is 370. The van der Waals surface area contributed by atoms with Gasteiger partial charge in [-0.1, -0.05) is 18.2 Å². The first-order valence-corrected chi connectivity index (χ1v) is 6.49. The summed E-state index contributed by atoms with van der Waals surface area (Å²) < 4.78 is 5.33. The van der Waals surface area contributed by atoms with E-state index in [0.717, 1.165) is 36.5 Å². The highest BCUT2D eigenvalue weighted by atomic mass is 32.2. The average molecular weight is 236 g/mol. The normalized spacial score (nSPS) is 17.3. The van der Waals surface area contributed by atoms with Crippen LogP contribution < -0.4 is 0 Å². The Hall–Kier alpha value is -0.800. The van der Waals surface area contributed by atoms with Gasteiger partial charge in [-0.3, -0.25) is 4.79 Å². The van der Waals surface area contributed by atoms with Crippen LogP contribution in [0.25, 0.3) is 0 Å². The Morgan fingerprint density at radius 2 is 2.00 bits per heavy atom.